The molecule has 0 aromatic heterocycles. The fourth-order valence-electron chi connectivity index (χ4n) is 1.86. The maximum atomic E-state index is 13.4. The Hall–Kier alpha value is -2.27. The summed E-state index contributed by atoms with van der Waals surface area (Å²) in [6, 6.07) is 9.09. The fraction of sp³-hybridized carbons (Fsp3) is 0.133. The third-order valence-electron chi connectivity index (χ3n) is 2.95. The van der Waals surface area contributed by atoms with E-state index in [2.05, 4.69) is 5.32 Å². The van der Waals surface area contributed by atoms with Gasteiger partial charge in [-0.2, -0.15) is 0 Å². The van der Waals surface area contributed by atoms with E-state index in [0.717, 1.165) is 11.8 Å². The molecule has 0 aliphatic heterocycles. The highest BCUT2D eigenvalue weighted by Crippen LogP contribution is 2.28. The summed E-state index contributed by atoms with van der Waals surface area (Å²) in [5.41, 5.74) is 6.93. The summed E-state index contributed by atoms with van der Waals surface area (Å²) in [5, 5.41) is 3.22. The number of anilines is 3. The molecule has 3 N–H and O–H groups in total. The number of nitrogens with one attached hydrogen (secondary N) is 1. The van der Waals surface area contributed by atoms with Gasteiger partial charge in [0.15, 0.2) is 0 Å². The maximum Gasteiger partial charge on any atom is 0.255 e. The molecule has 110 valence electrons. The van der Waals surface area contributed by atoms with Gasteiger partial charge < -0.3 is 16.0 Å². The second kappa shape index (κ2) is 6.01. The molecular weight excluding hydrogens is 293 g/mol. The molecule has 2 aromatic carbocycles. The van der Waals surface area contributed by atoms with Crippen molar-refractivity contribution in [3.8, 4) is 0 Å². The summed E-state index contributed by atoms with van der Waals surface area (Å²) in [4.78, 5) is 14.0. The summed E-state index contributed by atoms with van der Waals surface area (Å²) < 4.78 is 13.4. The van der Waals surface area contributed by atoms with Gasteiger partial charge in [-0.15, -0.1) is 0 Å². The van der Waals surface area contributed by atoms with Crippen LogP contribution in [-0.4, -0.2) is 20.0 Å². The number of amides is 1. The zero-order chi connectivity index (χ0) is 15.6. The van der Waals surface area contributed by atoms with Crippen LogP contribution in [0.5, 0.6) is 0 Å². The monoisotopic (exact) mass is 307 g/mol. The van der Waals surface area contributed by atoms with E-state index in [0.29, 0.717) is 10.7 Å². The molecule has 2 rings (SSSR count). The first-order valence-corrected chi connectivity index (χ1v) is 6.59. The van der Waals surface area contributed by atoms with Crippen LogP contribution in [0.15, 0.2) is 36.4 Å². The molecule has 0 bridgehead atoms. The molecule has 0 spiro atoms. The van der Waals surface area contributed by atoms with Crippen LogP contribution in [-0.2, 0) is 0 Å². The Morgan fingerprint density at radius 2 is 1.95 bits per heavy atom. The second-order valence-corrected chi connectivity index (χ2v) is 5.18. The second-order valence-electron chi connectivity index (χ2n) is 4.75. The van der Waals surface area contributed by atoms with E-state index < -0.39 is 11.7 Å². The SMILES string of the molecule is CN(C)c1ccc(Cl)cc1NC(=O)c1ccc(N)c(F)c1. The van der Waals surface area contributed by atoms with Crippen LogP contribution in [0, 0.1) is 5.82 Å². The van der Waals surface area contributed by atoms with Gasteiger partial charge in [0.05, 0.1) is 17.1 Å². The Bertz CT molecular complexity index is 689. The quantitative estimate of drug-likeness (QED) is 0.855. The van der Waals surface area contributed by atoms with Gasteiger partial charge in [-0.25, -0.2) is 4.39 Å². The van der Waals surface area contributed by atoms with Gasteiger partial charge in [-0.3, -0.25) is 4.79 Å². The van der Waals surface area contributed by atoms with Crippen LogP contribution in [0.25, 0.3) is 0 Å². The third kappa shape index (κ3) is 3.44. The number of hydrogen-bond donors (Lipinski definition) is 2. The summed E-state index contributed by atoms with van der Waals surface area (Å²) >= 11 is 5.95. The van der Waals surface area contributed by atoms with E-state index in [1.807, 2.05) is 19.0 Å². The first-order valence-electron chi connectivity index (χ1n) is 6.21. The largest absolute Gasteiger partial charge is 0.396 e. The highest BCUT2D eigenvalue weighted by atomic mass is 35.5. The molecule has 0 radical (unpaired) electrons. The molecule has 21 heavy (non-hydrogen) atoms. The molecular formula is C15H15ClFN3O. The van der Waals surface area contributed by atoms with Crippen molar-refractivity contribution in [1.82, 2.24) is 0 Å². The number of halogens is 2. The Balaban J connectivity index is 2.30. The van der Waals surface area contributed by atoms with Crippen molar-refractivity contribution in [2.75, 3.05) is 30.0 Å². The zero-order valence-corrected chi connectivity index (χ0v) is 12.4. The minimum atomic E-state index is -0.624. The summed E-state index contributed by atoms with van der Waals surface area (Å²) in [6.07, 6.45) is 0. The topological polar surface area (TPSA) is 58.4 Å². The standard InChI is InChI=1S/C15H15ClFN3O/c1-20(2)14-6-4-10(16)8-13(14)19-15(21)9-3-5-12(18)11(17)7-9/h3-8H,18H2,1-2H3,(H,19,21). The highest BCUT2D eigenvalue weighted by molar-refractivity contribution is 6.31. The van der Waals surface area contributed by atoms with Gasteiger partial charge in [-0.1, -0.05) is 11.6 Å². The van der Waals surface area contributed by atoms with Gasteiger partial charge >= 0.3 is 0 Å². The molecule has 0 saturated heterocycles. The predicted molar refractivity (Wildman–Crippen MR) is 84.5 cm³/mol. The van der Waals surface area contributed by atoms with Crippen LogP contribution >= 0.6 is 11.6 Å². The molecule has 0 heterocycles. The normalized spacial score (nSPS) is 10.3. The number of nitrogens with two attached hydrogens (primary N) is 1. The lowest BCUT2D eigenvalue weighted by atomic mass is 10.1. The number of nitrogen functional groups attached to an aromatic ring is 1. The first-order chi connectivity index (χ1) is 9.88. The Morgan fingerprint density at radius 1 is 1.24 bits per heavy atom. The first kappa shape index (κ1) is 15.1. The number of nitrogens with zero attached hydrogens (tertiary/aromatic N) is 1. The van der Waals surface area contributed by atoms with Crippen molar-refractivity contribution >= 4 is 34.6 Å². The van der Waals surface area contributed by atoms with Crippen molar-refractivity contribution in [2.45, 2.75) is 0 Å². The highest BCUT2D eigenvalue weighted by Gasteiger charge is 2.12. The minimum Gasteiger partial charge on any atom is -0.396 e. The molecule has 0 fully saturated rings. The Kier molecular flexibility index (Phi) is 4.33. The maximum absolute atomic E-state index is 13.4. The predicted octanol–water partition coefficient (Wildman–Crippen LogP) is 3.38. The smallest absolute Gasteiger partial charge is 0.255 e. The Morgan fingerprint density at radius 3 is 2.57 bits per heavy atom. The van der Waals surface area contributed by atoms with Gasteiger partial charge in [0.1, 0.15) is 5.82 Å². The average Bonchev–Trinajstić information content (AvgIpc) is 2.41. The fourth-order valence-corrected chi connectivity index (χ4v) is 2.03. The number of carbonyl (C=O) groups is 1. The lowest BCUT2D eigenvalue weighted by molar-refractivity contribution is 0.102. The van der Waals surface area contributed by atoms with Gasteiger partial charge in [0, 0.05) is 24.7 Å². The third-order valence-corrected chi connectivity index (χ3v) is 3.19. The average molecular weight is 308 g/mol. The lowest BCUT2D eigenvalue weighted by Crippen LogP contribution is -2.17. The lowest BCUT2D eigenvalue weighted by Gasteiger charge is -2.18. The van der Waals surface area contributed by atoms with Crippen molar-refractivity contribution in [1.29, 1.82) is 0 Å². The van der Waals surface area contributed by atoms with Crippen molar-refractivity contribution in [3.63, 3.8) is 0 Å². The van der Waals surface area contributed by atoms with Crippen molar-refractivity contribution in [2.24, 2.45) is 0 Å². The van der Waals surface area contributed by atoms with Crippen LogP contribution in [0.2, 0.25) is 5.02 Å². The molecule has 6 heteroatoms. The van der Waals surface area contributed by atoms with Gasteiger partial charge in [-0.05, 0) is 36.4 Å². The van der Waals surface area contributed by atoms with E-state index in [1.54, 1.807) is 18.2 Å². The molecule has 0 aliphatic carbocycles. The number of hydrogen-bond acceptors (Lipinski definition) is 3. The van der Waals surface area contributed by atoms with Crippen LogP contribution < -0.4 is 16.0 Å². The molecule has 2 aromatic rings. The van der Waals surface area contributed by atoms with Gasteiger partial charge in [0.25, 0.3) is 5.91 Å². The number of benzene rings is 2. The molecule has 0 atom stereocenters. The molecule has 4 nitrogen and oxygen atoms in total. The number of rotatable bonds is 3. The van der Waals surface area contributed by atoms with E-state index in [9.17, 15) is 9.18 Å². The van der Waals surface area contributed by atoms with Crippen molar-refractivity contribution < 1.29 is 9.18 Å². The Labute approximate surface area is 127 Å². The summed E-state index contributed by atoms with van der Waals surface area (Å²) in [5.74, 6) is -1.05. The van der Waals surface area contributed by atoms with E-state index in [1.165, 1.54) is 12.1 Å². The van der Waals surface area contributed by atoms with E-state index in [-0.39, 0.29) is 11.3 Å². The summed E-state index contributed by atoms with van der Waals surface area (Å²) in [6.45, 7) is 0. The van der Waals surface area contributed by atoms with Crippen LogP contribution in [0.1, 0.15) is 10.4 Å². The minimum absolute atomic E-state index is 0.00304. The zero-order valence-electron chi connectivity index (χ0n) is 11.7. The molecule has 0 unspecified atom stereocenters. The molecule has 1 amide bonds. The van der Waals surface area contributed by atoms with Crippen LogP contribution in [0.3, 0.4) is 0 Å². The van der Waals surface area contributed by atoms with Gasteiger partial charge in [0.2, 0.25) is 0 Å². The van der Waals surface area contributed by atoms with Crippen LogP contribution in [0.4, 0.5) is 21.5 Å². The van der Waals surface area contributed by atoms with E-state index >= 15 is 0 Å². The molecule has 0 saturated carbocycles. The number of carbonyl (C=O) groups excluding carboxylic acids is 1. The summed E-state index contributed by atoms with van der Waals surface area (Å²) in [7, 11) is 3.70. The molecule has 0 aliphatic rings. The van der Waals surface area contributed by atoms with E-state index in [4.69, 9.17) is 17.3 Å². The van der Waals surface area contributed by atoms with Crippen molar-refractivity contribution in [3.05, 3.63) is 52.8 Å².